The van der Waals surface area contributed by atoms with E-state index in [1.807, 2.05) is 24.3 Å². The van der Waals surface area contributed by atoms with Gasteiger partial charge in [-0.15, -0.1) is 0 Å². The zero-order valence-electron chi connectivity index (χ0n) is 9.06. The molecule has 0 saturated carbocycles. The van der Waals surface area contributed by atoms with Gasteiger partial charge in [-0.2, -0.15) is 0 Å². The number of halogens is 1. The summed E-state index contributed by atoms with van der Waals surface area (Å²) in [5.41, 5.74) is 6.53. The SMILES string of the molecule is C.NCc1ccc(Oc2cc(O)ccc2Cl)cc1. The Kier molecular flexibility index (Phi) is 5.01. The van der Waals surface area contributed by atoms with E-state index in [2.05, 4.69) is 0 Å². The average molecular weight is 266 g/mol. The molecule has 0 bridgehead atoms. The van der Waals surface area contributed by atoms with E-state index in [-0.39, 0.29) is 13.2 Å². The number of nitrogens with two attached hydrogens (primary N) is 1. The summed E-state index contributed by atoms with van der Waals surface area (Å²) in [7, 11) is 0. The van der Waals surface area contributed by atoms with Gasteiger partial charge in [0.05, 0.1) is 5.02 Å². The minimum atomic E-state index is 0. The van der Waals surface area contributed by atoms with Gasteiger partial charge in [-0.1, -0.05) is 31.2 Å². The van der Waals surface area contributed by atoms with Gasteiger partial charge >= 0.3 is 0 Å². The van der Waals surface area contributed by atoms with Gasteiger partial charge in [-0.05, 0) is 29.8 Å². The Hall–Kier alpha value is -1.71. The van der Waals surface area contributed by atoms with E-state index in [1.165, 1.54) is 12.1 Å². The molecule has 0 aromatic heterocycles. The van der Waals surface area contributed by atoms with Crippen LogP contribution >= 0.6 is 11.6 Å². The van der Waals surface area contributed by atoms with Crippen LogP contribution in [0.1, 0.15) is 13.0 Å². The second-order valence-corrected chi connectivity index (χ2v) is 3.97. The highest BCUT2D eigenvalue weighted by molar-refractivity contribution is 6.32. The highest BCUT2D eigenvalue weighted by Gasteiger charge is 2.04. The number of hydrogen-bond donors (Lipinski definition) is 2. The van der Waals surface area contributed by atoms with Crippen molar-refractivity contribution in [2.75, 3.05) is 0 Å². The summed E-state index contributed by atoms with van der Waals surface area (Å²) in [5.74, 6) is 1.19. The number of hydrogen-bond acceptors (Lipinski definition) is 3. The molecular weight excluding hydrogens is 250 g/mol. The summed E-state index contributed by atoms with van der Waals surface area (Å²) in [5, 5.41) is 9.79. The number of phenolic OH excluding ortho intramolecular Hbond substituents is 1. The smallest absolute Gasteiger partial charge is 0.149 e. The molecule has 0 atom stereocenters. The molecule has 4 heteroatoms. The summed E-state index contributed by atoms with van der Waals surface area (Å²) in [6.45, 7) is 0.493. The Morgan fingerprint density at radius 2 is 1.78 bits per heavy atom. The van der Waals surface area contributed by atoms with Gasteiger partial charge in [0.15, 0.2) is 0 Å². The molecule has 0 amide bonds. The lowest BCUT2D eigenvalue weighted by atomic mass is 10.2. The summed E-state index contributed by atoms with van der Waals surface area (Å²) in [4.78, 5) is 0. The van der Waals surface area contributed by atoms with E-state index in [9.17, 15) is 5.11 Å². The molecule has 0 aliphatic carbocycles. The van der Waals surface area contributed by atoms with E-state index in [0.29, 0.717) is 23.1 Å². The third kappa shape index (κ3) is 3.39. The number of ether oxygens (including phenoxy) is 1. The summed E-state index contributed by atoms with van der Waals surface area (Å²) in [6.07, 6.45) is 0. The second kappa shape index (κ2) is 6.28. The molecule has 3 nitrogen and oxygen atoms in total. The molecule has 0 fully saturated rings. The van der Waals surface area contributed by atoms with Gasteiger partial charge in [-0.25, -0.2) is 0 Å². The minimum Gasteiger partial charge on any atom is -0.508 e. The average Bonchev–Trinajstić information content (AvgIpc) is 2.35. The number of phenols is 1. The highest BCUT2D eigenvalue weighted by atomic mass is 35.5. The lowest BCUT2D eigenvalue weighted by Crippen LogP contribution is -1.95. The van der Waals surface area contributed by atoms with Crippen LogP contribution in [0.2, 0.25) is 5.02 Å². The first-order valence-corrected chi connectivity index (χ1v) is 5.52. The van der Waals surface area contributed by atoms with Gasteiger partial charge in [-0.3, -0.25) is 0 Å². The van der Waals surface area contributed by atoms with Crippen molar-refractivity contribution in [2.24, 2.45) is 5.73 Å². The fourth-order valence-electron chi connectivity index (χ4n) is 1.39. The summed E-state index contributed by atoms with van der Waals surface area (Å²) >= 11 is 5.95. The molecule has 3 N–H and O–H groups in total. The Labute approximate surface area is 112 Å². The van der Waals surface area contributed by atoms with Crippen molar-refractivity contribution in [1.29, 1.82) is 0 Å². The maximum absolute atomic E-state index is 9.34. The Balaban J connectivity index is 0.00000162. The van der Waals surface area contributed by atoms with Crippen molar-refractivity contribution >= 4 is 11.6 Å². The molecule has 0 saturated heterocycles. The van der Waals surface area contributed by atoms with Crippen molar-refractivity contribution in [3.8, 4) is 17.2 Å². The predicted octanol–water partition coefficient (Wildman–Crippen LogP) is 3.93. The van der Waals surface area contributed by atoms with Gasteiger partial charge in [0, 0.05) is 12.6 Å². The van der Waals surface area contributed by atoms with Crippen LogP contribution in [0, 0.1) is 0 Å². The van der Waals surface area contributed by atoms with E-state index in [0.717, 1.165) is 5.56 Å². The molecule has 2 aromatic rings. The summed E-state index contributed by atoms with van der Waals surface area (Å²) < 4.78 is 5.56. The van der Waals surface area contributed by atoms with Crippen LogP contribution in [-0.2, 0) is 6.54 Å². The molecular formula is C14H16ClNO2. The first-order chi connectivity index (χ1) is 8.19. The Morgan fingerprint density at radius 1 is 1.11 bits per heavy atom. The van der Waals surface area contributed by atoms with Gasteiger partial charge in [0.25, 0.3) is 0 Å². The van der Waals surface area contributed by atoms with Gasteiger partial charge in [0.1, 0.15) is 17.2 Å². The normalized spacial score (nSPS) is 9.67. The third-order valence-electron chi connectivity index (χ3n) is 2.30. The van der Waals surface area contributed by atoms with Crippen LogP contribution in [0.5, 0.6) is 17.2 Å². The van der Waals surface area contributed by atoms with Crippen LogP contribution in [0.25, 0.3) is 0 Å². The minimum absolute atomic E-state index is 0. The van der Waals surface area contributed by atoms with Crippen molar-refractivity contribution in [1.82, 2.24) is 0 Å². The lowest BCUT2D eigenvalue weighted by molar-refractivity contribution is 0.455. The van der Waals surface area contributed by atoms with Crippen LogP contribution < -0.4 is 10.5 Å². The van der Waals surface area contributed by atoms with E-state index in [1.54, 1.807) is 6.07 Å². The quantitative estimate of drug-likeness (QED) is 0.884. The first kappa shape index (κ1) is 14.4. The van der Waals surface area contributed by atoms with Crippen LogP contribution in [0.15, 0.2) is 42.5 Å². The van der Waals surface area contributed by atoms with Crippen LogP contribution in [0.3, 0.4) is 0 Å². The molecule has 2 aromatic carbocycles. The maximum atomic E-state index is 9.34. The summed E-state index contributed by atoms with van der Waals surface area (Å²) in [6, 6.07) is 11.9. The zero-order chi connectivity index (χ0) is 12.3. The zero-order valence-corrected chi connectivity index (χ0v) is 9.82. The van der Waals surface area contributed by atoms with Crippen LogP contribution in [-0.4, -0.2) is 5.11 Å². The van der Waals surface area contributed by atoms with Crippen molar-refractivity contribution in [3.05, 3.63) is 53.1 Å². The first-order valence-electron chi connectivity index (χ1n) is 5.14. The van der Waals surface area contributed by atoms with Gasteiger partial charge < -0.3 is 15.6 Å². The standard InChI is InChI=1S/C13H12ClNO2.CH4/c14-12-6-3-10(16)7-13(12)17-11-4-1-9(8-15)2-5-11;/h1-7,16H,8,15H2;1H4. The van der Waals surface area contributed by atoms with E-state index in [4.69, 9.17) is 22.1 Å². The number of benzene rings is 2. The molecule has 0 radical (unpaired) electrons. The second-order valence-electron chi connectivity index (χ2n) is 3.56. The monoisotopic (exact) mass is 265 g/mol. The van der Waals surface area contributed by atoms with Crippen LogP contribution in [0.4, 0.5) is 0 Å². The highest BCUT2D eigenvalue weighted by Crippen LogP contribution is 2.32. The largest absolute Gasteiger partial charge is 0.508 e. The van der Waals surface area contributed by atoms with Crippen molar-refractivity contribution < 1.29 is 9.84 Å². The fourth-order valence-corrected chi connectivity index (χ4v) is 1.55. The van der Waals surface area contributed by atoms with E-state index < -0.39 is 0 Å². The van der Waals surface area contributed by atoms with Crippen molar-refractivity contribution in [3.63, 3.8) is 0 Å². The molecule has 2 rings (SSSR count). The molecule has 0 unspecified atom stereocenters. The number of aromatic hydroxyl groups is 1. The van der Waals surface area contributed by atoms with Gasteiger partial charge in [0.2, 0.25) is 0 Å². The molecule has 0 spiro atoms. The Bertz CT molecular complexity index is 512. The predicted molar refractivity (Wildman–Crippen MR) is 74.3 cm³/mol. The molecule has 0 aliphatic rings. The van der Waals surface area contributed by atoms with Crippen molar-refractivity contribution in [2.45, 2.75) is 14.0 Å². The molecule has 0 aliphatic heterocycles. The Morgan fingerprint density at radius 3 is 2.39 bits per heavy atom. The third-order valence-corrected chi connectivity index (χ3v) is 2.61. The lowest BCUT2D eigenvalue weighted by Gasteiger charge is -2.08. The topological polar surface area (TPSA) is 55.5 Å². The molecule has 0 heterocycles. The fraction of sp³-hybridized carbons (Fsp3) is 0.143. The molecule has 18 heavy (non-hydrogen) atoms. The van der Waals surface area contributed by atoms with E-state index >= 15 is 0 Å². The number of rotatable bonds is 3. The molecule has 96 valence electrons. The maximum Gasteiger partial charge on any atom is 0.149 e.